The number of nitrogens with zero attached hydrogens (tertiary/aromatic N) is 3. The lowest BCUT2D eigenvalue weighted by Crippen LogP contribution is -2.43. The lowest BCUT2D eigenvalue weighted by Gasteiger charge is -2.41. The maximum atomic E-state index is 5.51. The van der Waals surface area contributed by atoms with Gasteiger partial charge in [-0.2, -0.15) is 0 Å². The fraction of sp³-hybridized carbons (Fsp3) is 0.333. The fourth-order valence-corrected chi connectivity index (χ4v) is 2.39. The summed E-state index contributed by atoms with van der Waals surface area (Å²) in [4.78, 5) is 2.29. The van der Waals surface area contributed by atoms with Gasteiger partial charge in [0.25, 0.3) is 0 Å². The van der Waals surface area contributed by atoms with Crippen molar-refractivity contribution in [3.8, 4) is 0 Å². The van der Waals surface area contributed by atoms with Crippen LogP contribution in [0.15, 0.2) is 34.8 Å². The summed E-state index contributed by atoms with van der Waals surface area (Å²) < 4.78 is 5.51. The summed E-state index contributed by atoms with van der Waals surface area (Å²) in [6, 6.07) is 8.35. The van der Waals surface area contributed by atoms with Gasteiger partial charge in [-0.1, -0.05) is 30.4 Å². The smallest absolute Gasteiger partial charge is 0.235 e. The Balaban J connectivity index is 2.00. The molecule has 0 amide bonds. The molecule has 0 atom stereocenters. The van der Waals surface area contributed by atoms with Crippen LogP contribution in [0, 0.1) is 6.92 Å². The van der Waals surface area contributed by atoms with Crippen LogP contribution < -0.4 is 4.90 Å². The minimum absolute atomic E-state index is 0.0727. The first-order valence-electron chi connectivity index (χ1n) is 6.41. The highest BCUT2D eigenvalue weighted by molar-refractivity contribution is 5.73. The molecule has 0 fully saturated rings. The lowest BCUT2D eigenvalue weighted by atomic mass is 9.93. The van der Waals surface area contributed by atoms with Crippen molar-refractivity contribution < 1.29 is 4.42 Å². The number of fused-ring (bicyclic) bond motifs is 1. The molecule has 1 aliphatic rings. The minimum Gasteiger partial charge on any atom is -0.424 e. The van der Waals surface area contributed by atoms with Crippen LogP contribution >= 0.6 is 0 Å². The Kier molecular flexibility index (Phi) is 2.66. The SMILES string of the molecule is Cc1nnc(CN2c3ccccc3C=CC2(C)C)o1. The zero-order chi connectivity index (χ0) is 13.5. The maximum absolute atomic E-state index is 5.51. The van der Waals surface area contributed by atoms with Gasteiger partial charge in [0.15, 0.2) is 0 Å². The maximum Gasteiger partial charge on any atom is 0.235 e. The fourth-order valence-electron chi connectivity index (χ4n) is 2.39. The Morgan fingerprint density at radius 2 is 2.00 bits per heavy atom. The van der Waals surface area contributed by atoms with E-state index in [1.165, 1.54) is 11.3 Å². The summed E-state index contributed by atoms with van der Waals surface area (Å²) in [5.41, 5.74) is 2.35. The van der Waals surface area contributed by atoms with E-state index in [0.29, 0.717) is 18.3 Å². The van der Waals surface area contributed by atoms with Gasteiger partial charge in [0.05, 0.1) is 12.1 Å². The number of benzene rings is 1. The van der Waals surface area contributed by atoms with Crippen molar-refractivity contribution in [2.45, 2.75) is 32.9 Å². The van der Waals surface area contributed by atoms with Crippen molar-refractivity contribution in [2.75, 3.05) is 4.90 Å². The van der Waals surface area contributed by atoms with Crippen molar-refractivity contribution in [1.29, 1.82) is 0 Å². The van der Waals surface area contributed by atoms with Crippen LogP contribution in [0.3, 0.4) is 0 Å². The third kappa shape index (κ3) is 2.14. The van der Waals surface area contributed by atoms with Crippen LogP contribution in [0.5, 0.6) is 0 Å². The second kappa shape index (κ2) is 4.23. The molecule has 4 heteroatoms. The van der Waals surface area contributed by atoms with Gasteiger partial charge in [-0.25, -0.2) is 0 Å². The molecule has 0 aliphatic carbocycles. The lowest BCUT2D eigenvalue weighted by molar-refractivity contribution is 0.439. The molecular weight excluding hydrogens is 238 g/mol. The number of hydrogen-bond acceptors (Lipinski definition) is 4. The molecular formula is C15H17N3O. The first-order chi connectivity index (χ1) is 9.06. The van der Waals surface area contributed by atoms with Crippen LogP contribution in [-0.2, 0) is 6.54 Å². The van der Waals surface area contributed by atoms with Gasteiger partial charge in [0.2, 0.25) is 11.8 Å². The molecule has 1 aliphatic heterocycles. The second-order valence-corrected chi connectivity index (χ2v) is 5.35. The molecule has 1 aromatic heterocycles. The monoisotopic (exact) mass is 255 g/mol. The van der Waals surface area contributed by atoms with Crippen molar-refractivity contribution in [3.63, 3.8) is 0 Å². The first kappa shape index (κ1) is 12.0. The van der Waals surface area contributed by atoms with Crippen molar-refractivity contribution >= 4 is 11.8 Å². The van der Waals surface area contributed by atoms with E-state index in [-0.39, 0.29) is 5.54 Å². The number of anilines is 1. The predicted octanol–water partition coefficient (Wildman–Crippen LogP) is 3.19. The van der Waals surface area contributed by atoms with Gasteiger partial charge in [-0.3, -0.25) is 0 Å². The van der Waals surface area contributed by atoms with Crippen LogP contribution in [0.2, 0.25) is 0 Å². The van der Waals surface area contributed by atoms with Gasteiger partial charge in [0.1, 0.15) is 0 Å². The molecule has 1 aromatic carbocycles. The topological polar surface area (TPSA) is 42.2 Å². The van der Waals surface area contributed by atoms with E-state index in [4.69, 9.17) is 4.42 Å². The van der Waals surface area contributed by atoms with E-state index in [9.17, 15) is 0 Å². The van der Waals surface area contributed by atoms with Crippen LogP contribution in [0.1, 0.15) is 31.2 Å². The Labute approximate surface area is 112 Å². The quantitative estimate of drug-likeness (QED) is 0.826. The Hall–Kier alpha value is -2.10. The highest BCUT2D eigenvalue weighted by Crippen LogP contribution is 2.35. The third-order valence-electron chi connectivity index (χ3n) is 3.46. The molecule has 0 saturated heterocycles. The summed E-state index contributed by atoms with van der Waals surface area (Å²) in [5.74, 6) is 1.25. The molecule has 3 rings (SSSR count). The van der Waals surface area contributed by atoms with Crippen molar-refractivity contribution in [3.05, 3.63) is 47.7 Å². The summed E-state index contributed by atoms with van der Waals surface area (Å²) in [6.45, 7) is 6.80. The summed E-state index contributed by atoms with van der Waals surface area (Å²) >= 11 is 0. The number of aromatic nitrogens is 2. The van der Waals surface area contributed by atoms with Gasteiger partial charge in [-0.15, -0.1) is 10.2 Å². The Bertz CT molecular complexity index is 628. The molecule has 0 bridgehead atoms. The highest BCUT2D eigenvalue weighted by atomic mass is 16.4. The molecule has 0 spiro atoms. The number of para-hydroxylation sites is 1. The molecule has 4 nitrogen and oxygen atoms in total. The predicted molar refractivity (Wildman–Crippen MR) is 74.8 cm³/mol. The van der Waals surface area contributed by atoms with Crippen molar-refractivity contribution in [2.24, 2.45) is 0 Å². The number of hydrogen-bond donors (Lipinski definition) is 0. The zero-order valence-electron chi connectivity index (χ0n) is 11.4. The zero-order valence-corrected chi connectivity index (χ0v) is 11.4. The van der Waals surface area contributed by atoms with Gasteiger partial charge >= 0.3 is 0 Å². The van der Waals surface area contributed by atoms with Gasteiger partial charge in [0, 0.05) is 12.6 Å². The van der Waals surface area contributed by atoms with Crippen LogP contribution in [0.25, 0.3) is 6.08 Å². The molecule has 2 heterocycles. The highest BCUT2D eigenvalue weighted by Gasteiger charge is 2.30. The Morgan fingerprint density at radius 3 is 2.74 bits per heavy atom. The van der Waals surface area contributed by atoms with E-state index in [0.717, 1.165) is 0 Å². The largest absolute Gasteiger partial charge is 0.424 e. The minimum atomic E-state index is -0.0727. The van der Waals surface area contributed by atoms with Crippen LogP contribution in [0.4, 0.5) is 5.69 Å². The average molecular weight is 255 g/mol. The summed E-state index contributed by atoms with van der Waals surface area (Å²) in [7, 11) is 0. The van der Waals surface area contributed by atoms with E-state index in [1.54, 1.807) is 0 Å². The molecule has 2 aromatic rings. The average Bonchev–Trinajstić information content (AvgIpc) is 2.79. The normalized spacial score (nSPS) is 16.5. The molecule has 0 saturated carbocycles. The molecule has 0 unspecified atom stereocenters. The summed E-state index contributed by atoms with van der Waals surface area (Å²) in [6.07, 6.45) is 4.38. The molecule has 98 valence electrons. The second-order valence-electron chi connectivity index (χ2n) is 5.35. The Morgan fingerprint density at radius 1 is 1.21 bits per heavy atom. The van der Waals surface area contributed by atoms with Gasteiger partial charge in [-0.05, 0) is 25.5 Å². The van der Waals surface area contributed by atoms with Gasteiger partial charge < -0.3 is 9.32 Å². The van der Waals surface area contributed by atoms with E-state index < -0.39 is 0 Å². The summed E-state index contributed by atoms with van der Waals surface area (Å²) in [5, 5.41) is 7.99. The molecule has 19 heavy (non-hydrogen) atoms. The third-order valence-corrected chi connectivity index (χ3v) is 3.46. The first-order valence-corrected chi connectivity index (χ1v) is 6.41. The molecule has 0 radical (unpaired) electrons. The number of aryl methyl sites for hydroxylation is 1. The van der Waals surface area contributed by atoms with E-state index >= 15 is 0 Å². The van der Waals surface area contributed by atoms with E-state index in [1.807, 2.05) is 6.92 Å². The van der Waals surface area contributed by atoms with Crippen LogP contribution in [-0.4, -0.2) is 15.7 Å². The number of rotatable bonds is 2. The van der Waals surface area contributed by atoms with E-state index in [2.05, 4.69) is 65.4 Å². The van der Waals surface area contributed by atoms with Crippen molar-refractivity contribution in [1.82, 2.24) is 10.2 Å². The standard InChI is InChI=1S/C15H17N3O/c1-11-16-17-14(19-11)10-18-13-7-5-4-6-12(13)8-9-15(18,2)3/h4-9H,10H2,1-3H3. The molecule has 0 N–H and O–H groups in total.